The highest BCUT2D eigenvalue weighted by Gasteiger charge is 2.18. The van der Waals surface area contributed by atoms with E-state index >= 15 is 0 Å². The summed E-state index contributed by atoms with van der Waals surface area (Å²) >= 11 is 7.20. The van der Waals surface area contributed by atoms with Gasteiger partial charge in [-0.3, -0.25) is 0 Å². The average Bonchev–Trinajstić information content (AvgIpc) is 4.16. The minimum absolute atomic E-state index is 0.864. The van der Waals surface area contributed by atoms with Gasteiger partial charge in [-0.2, -0.15) is 0 Å². The molecule has 2 aliphatic rings. The van der Waals surface area contributed by atoms with Crippen molar-refractivity contribution in [3.8, 4) is 22.3 Å². The standard InChI is InChI=1S/C56H36Br2N4/c57-39-21-15-35(16-22-39)19-25-45-47-27-31-51(59-47)55(43-13-5-9-37-7-1-3-11-41(37)43)52-32-28-48(60-52)46(26-20-36-17-23-40(58)24-18-36)50-30-34-54(62-50)56(53-33-29-49(45)61-53)44-14-6-10-38-8-2-4-12-42(38)44/h1-34,59,62H/b25-19+,26-20+,47-45?,48-46?,49-45?,50-46?,55-51?,55-52?,56-53?,56-54?. The van der Waals surface area contributed by atoms with Gasteiger partial charge in [-0.25, -0.2) is 9.97 Å². The molecule has 0 aliphatic carbocycles. The van der Waals surface area contributed by atoms with E-state index in [9.17, 15) is 0 Å². The van der Waals surface area contributed by atoms with Crippen molar-refractivity contribution < 1.29 is 0 Å². The number of H-pyrrole nitrogens is 2. The molecule has 6 aromatic carbocycles. The number of aromatic nitrogens is 4. The second kappa shape index (κ2) is 16.1. The lowest BCUT2D eigenvalue weighted by molar-refractivity contribution is 1.30. The van der Waals surface area contributed by atoms with Crippen LogP contribution in [0.1, 0.15) is 45.0 Å². The zero-order chi connectivity index (χ0) is 41.6. The van der Waals surface area contributed by atoms with E-state index in [0.29, 0.717) is 0 Å². The average molecular weight is 925 g/mol. The lowest BCUT2D eigenvalue weighted by atomic mass is 9.97. The van der Waals surface area contributed by atoms with Gasteiger partial charge in [0.05, 0.1) is 22.8 Å². The van der Waals surface area contributed by atoms with Crippen LogP contribution in [-0.4, -0.2) is 19.9 Å². The van der Waals surface area contributed by atoms with Crippen molar-refractivity contribution in [3.05, 3.63) is 212 Å². The van der Waals surface area contributed by atoms with Crippen LogP contribution >= 0.6 is 31.9 Å². The van der Waals surface area contributed by atoms with Crippen LogP contribution in [0.25, 0.3) is 114 Å². The van der Waals surface area contributed by atoms with Crippen LogP contribution in [0.2, 0.25) is 0 Å². The predicted octanol–water partition coefficient (Wildman–Crippen LogP) is 16.2. The number of halogens is 2. The van der Waals surface area contributed by atoms with Gasteiger partial charge in [0.15, 0.2) is 0 Å². The molecule has 0 saturated heterocycles. The van der Waals surface area contributed by atoms with Crippen LogP contribution in [0.3, 0.4) is 0 Å². The predicted molar refractivity (Wildman–Crippen MR) is 271 cm³/mol. The fourth-order valence-electron chi connectivity index (χ4n) is 8.56. The minimum Gasteiger partial charge on any atom is -0.354 e. The van der Waals surface area contributed by atoms with Gasteiger partial charge in [0.25, 0.3) is 0 Å². The molecule has 0 radical (unpaired) electrons. The third-order valence-corrected chi connectivity index (χ3v) is 12.6. The van der Waals surface area contributed by atoms with Gasteiger partial charge in [-0.1, -0.05) is 165 Å². The second-order valence-electron chi connectivity index (χ2n) is 15.4. The Morgan fingerprint density at radius 1 is 0.355 bits per heavy atom. The molecule has 3 aromatic heterocycles. The fourth-order valence-corrected chi connectivity index (χ4v) is 9.09. The van der Waals surface area contributed by atoms with E-state index in [1.54, 1.807) is 0 Å². The summed E-state index contributed by atoms with van der Waals surface area (Å²) in [6, 6.07) is 55.5. The van der Waals surface area contributed by atoms with E-state index in [0.717, 1.165) is 109 Å². The van der Waals surface area contributed by atoms with Gasteiger partial charge in [-0.15, -0.1) is 0 Å². The molecular weight excluding hydrogens is 888 g/mol. The van der Waals surface area contributed by atoms with E-state index in [-0.39, 0.29) is 0 Å². The van der Waals surface area contributed by atoms with E-state index in [4.69, 9.17) is 9.97 Å². The molecule has 6 heteroatoms. The summed E-state index contributed by atoms with van der Waals surface area (Å²) in [5, 5.41) is 4.66. The minimum atomic E-state index is 0.864. The Labute approximate surface area is 375 Å². The number of rotatable bonds is 6. The van der Waals surface area contributed by atoms with Crippen LogP contribution < -0.4 is 0 Å². The highest BCUT2D eigenvalue weighted by Crippen LogP contribution is 2.39. The van der Waals surface area contributed by atoms with E-state index in [1.807, 2.05) is 0 Å². The monoisotopic (exact) mass is 922 g/mol. The molecule has 0 unspecified atom stereocenters. The van der Waals surface area contributed by atoms with Gasteiger partial charge in [0.2, 0.25) is 0 Å². The summed E-state index contributed by atoms with van der Waals surface area (Å²) in [6.45, 7) is 0. The number of nitrogens with one attached hydrogen (secondary N) is 2. The summed E-state index contributed by atoms with van der Waals surface area (Å²) < 4.78 is 2.08. The van der Waals surface area contributed by atoms with Crippen LogP contribution in [0.5, 0.6) is 0 Å². The second-order valence-corrected chi connectivity index (χ2v) is 17.2. The van der Waals surface area contributed by atoms with Crippen molar-refractivity contribution in [2.75, 3.05) is 0 Å². The molecule has 0 atom stereocenters. The number of hydrogen-bond acceptors (Lipinski definition) is 2. The van der Waals surface area contributed by atoms with Crippen molar-refractivity contribution in [1.29, 1.82) is 0 Å². The molecule has 5 heterocycles. The van der Waals surface area contributed by atoms with E-state index in [1.165, 1.54) is 10.8 Å². The highest BCUT2D eigenvalue weighted by atomic mass is 79.9. The number of nitrogens with zero attached hydrogens (tertiary/aromatic N) is 2. The SMILES string of the molecule is Brc1ccc(/C=C/c2c3nc(c(-c4cccc5ccccc45)c4ccc([nH]4)c(/C=C/c4ccc(Br)cc4)c4nc(c(-c5cccc6ccccc56)c5ccc2[nH]5)C=C4)C=C3)cc1. The van der Waals surface area contributed by atoms with Crippen molar-refractivity contribution in [1.82, 2.24) is 19.9 Å². The number of aromatic amines is 2. The quantitative estimate of drug-likeness (QED) is 0.175. The summed E-state index contributed by atoms with van der Waals surface area (Å²) in [5.74, 6) is 0. The van der Waals surface area contributed by atoms with Gasteiger partial charge < -0.3 is 9.97 Å². The first kappa shape index (κ1) is 37.8. The Morgan fingerprint density at radius 2 is 0.742 bits per heavy atom. The topological polar surface area (TPSA) is 57.4 Å². The Bertz CT molecular complexity index is 3280. The lowest BCUT2D eigenvalue weighted by Crippen LogP contribution is -1.90. The first-order valence-corrected chi connectivity index (χ1v) is 22.1. The largest absolute Gasteiger partial charge is 0.354 e. The third-order valence-electron chi connectivity index (χ3n) is 11.6. The summed E-state index contributed by atoms with van der Waals surface area (Å²) in [4.78, 5) is 18.8. The van der Waals surface area contributed by atoms with Crippen molar-refractivity contribution in [3.63, 3.8) is 0 Å². The van der Waals surface area contributed by atoms with Crippen LogP contribution in [0.4, 0.5) is 0 Å². The summed E-state index contributed by atoms with van der Waals surface area (Å²) in [7, 11) is 0. The Kier molecular flexibility index (Phi) is 9.80. The molecule has 11 rings (SSSR count). The van der Waals surface area contributed by atoms with Gasteiger partial charge in [-0.05, 0) is 117 Å². The molecule has 2 N–H and O–H groups in total. The molecule has 9 aromatic rings. The van der Waals surface area contributed by atoms with Gasteiger partial charge in [0.1, 0.15) is 0 Å². The molecule has 62 heavy (non-hydrogen) atoms. The normalized spacial score (nSPS) is 12.4. The van der Waals surface area contributed by atoms with Crippen LogP contribution in [0, 0.1) is 0 Å². The van der Waals surface area contributed by atoms with Crippen molar-refractivity contribution in [2.24, 2.45) is 0 Å². The van der Waals surface area contributed by atoms with Crippen molar-refractivity contribution >= 4 is 124 Å². The highest BCUT2D eigenvalue weighted by molar-refractivity contribution is 9.10. The molecular formula is C56H36Br2N4. The van der Waals surface area contributed by atoms with Crippen LogP contribution in [0.15, 0.2) is 167 Å². The summed E-state index contributed by atoms with van der Waals surface area (Å²) in [5.41, 5.74) is 15.7. The molecule has 294 valence electrons. The van der Waals surface area contributed by atoms with Gasteiger partial charge in [0, 0.05) is 53.3 Å². The molecule has 4 nitrogen and oxygen atoms in total. The third kappa shape index (κ3) is 7.17. The maximum atomic E-state index is 5.49. The number of fused-ring (bicyclic) bond motifs is 10. The fraction of sp³-hybridized carbons (Fsp3) is 0. The zero-order valence-electron chi connectivity index (χ0n) is 33.3. The molecule has 8 bridgehead atoms. The molecule has 2 aliphatic heterocycles. The molecule has 0 amide bonds. The Morgan fingerprint density at radius 3 is 1.19 bits per heavy atom. The first-order valence-electron chi connectivity index (χ1n) is 20.5. The maximum Gasteiger partial charge on any atom is 0.0737 e. The maximum absolute atomic E-state index is 5.49. The molecule has 0 fully saturated rings. The first-order chi connectivity index (χ1) is 30.5. The van der Waals surface area contributed by atoms with E-state index < -0.39 is 0 Å². The van der Waals surface area contributed by atoms with Gasteiger partial charge >= 0.3 is 0 Å². The number of hydrogen-bond donors (Lipinski definition) is 2. The number of benzene rings is 6. The van der Waals surface area contributed by atoms with Crippen LogP contribution in [-0.2, 0) is 0 Å². The lowest BCUT2D eigenvalue weighted by Gasteiger charge is -2.09. The Balaban J connectivity index is 1.27. The van der Waals surface area contributed by atoms with E-state index in [2.05, 4.69) is 248 Å². The van der Waals surface area contributed by atoms with Crippen molar-refractivity contribution in [2.45, 2.75) is 0 Å². The zero-order valence-corrected chi connectivity index (χ0v) is 36.5. The smallest absolute Gasteiger partial charge is 0.0737 e. The summed E-state index contributed by atoms with van der Waals surface area (Å²) in [6.07, 6.45) is 17.2. The Hall–Kier alpha value is -7.12. The molecule has 0 spiro atoms. The molecule has 0 saturated carbocycles.